The van der Waals surface area contributed by atoms with Crippen LogP contribution in [0.1, 0.15) is 17.3 Å². The van der Waals surface area contributed by atoms with Crippen molar-refractivity contribution in [2.24, 2.45) is 11.5 Å². The van der Waals surface area contributed by atoms with E-state index in [1.54, 1.807) is 12.4 Å². The summed E-state index contributed by atoms with van der Waals surface area (Å²) in [5.74, 6) is 0.572. The van der Waals surface area contributed by atoms with Crippen molar-refractivity contribution in [1.82, 2.24) is 15.0 Å². The normalized spacial score (nSPS) is 13.6. The Morgan fingerprint density at radius 1 is 1.00 bits per heavy atom. The first-order valence-corrected chi connectivity index (χ1v) is 9.79. The summed E-state index contributed by atoms with van der Waals surface area (Å²) in [5, 5.41) is 2.45. The second-order valence-corrected chi connectivity index (χ2v) is 7.60. The molecule has 5 nitrogen and oxygen atoms in total. The largest absolute Gasteiger partial charge is 0.326 e. The van der Waals surface area contributed by atoms with E-state index in [2.05, 4.69) is 9.97 Å². The van der Waals surface area contributed by atoms with Crippen molar-refractivity contribution in [3.63, 3.8) is 0 Å². The number of hydrogen-bond donors (Lipinski definition) is 2. The molecule has 0 saturated carbocycles. The maximum absolute atomic E-state index is 6.54. The van der Waals surface area contributed by atoms with Gasteiger partial charge in [-0.05, 0) is 24.1 Å². The first-order chi connectivity index (χ1) is 13.1. The second kappa shape index (κ2) is 7.70. The number of halogens is 1. The van der Waals surface area contributed by atoms with Crippen LogP contribution in [0.25, 0.3) is 21.6 Å². The molecule has 0 aliphatic heterocycles. The average molecular weight is 396 g/mol. The predicted octanol–water partition coefficient (Wildman–Crippen LogP) is 3.98. The number of thiophene rings is 1. The maximum atomic E-state index is 6.54. The number of nitrogens with zero attached hydrogens (tertiary/aromatic N) is 3. The molecule has 1 aromatic carbocycles. The molecule has 7 heteroatoms. The second-order valence-electron chi connectivity index (χ2n) is 6.31. The predicted molar refractivity (Wildman–Crippen MR) is 111 cm³/mol. The third-order valence-electron chi connectivity index (χ3n) is 4.43. The van der Waals surface area contributed by atoms with E-state index in [1.165, 1.54) is 11.3 Å². The molecule has 0 bridgehead atoms. The molecule has 2 unspecified atom stereocenters. The lowest BCUT2D eigenvalue weighted by Crippen LogP contribution is -2.36. The fourth-order valence-electron chi connectivity index (χ4n) is 2.98. The first kappa shape index (κ1) is 18.0. The summed E-state index contributed by atoms with van der Waals surface area (Å²) in [5.41, 5.74) is 16.4. The highest BCUT2D eigenvalue weighted by Crippen LogP contribution is 2.34. The van der Waals surface area contributed by atoms with Crippen molar-refractivity contribution in [3.05, 3.63) is 76.5 Å². The summed E-state index contributed by atoms with van der Waals surface area (Å²) < 4.78 is 0.883. The van der Waals surface area contributed by atoms with Crippen LogP contribution in [0.15, 0.2) is 60.2 Å². The molecule has 3 heterocycles. The minimum absolute atomic E-state index is 0.281. The Bertz CT molecular complexity index is 1050. The minimum Gasteiger partial charge on any atom is -0.326 e. The zero-order valence-electron chi connectivity index (χ0n) is 14.4. The van der Waals surface area contributed by atoms with Gasteiger partial charge in [-0.15, -0.1) is 11.3 Å². The Balaban J connectivity index is 1.75. The molecule has 3 aromatic heterocycles. The topological polar surface area (TPSA) is 90.7 Å². The molecule has 4 N–H and O–H groups in total. The summed E-state index contributed by atoms with van der Waals surface area (Å²) in [4.78, 5) is 13.4. The van der Waals surface area contributed by atoms with Crippen molar-refractivity contribution in [2.45, 2.75) is 18.5 Å². The molecular formula is C20H18ClN5S. The fourth-order valence-corrected chi connectivity index (χ4v) is 4.21. The molecular weight excluding hydrogens is 378 g/mol. The molecule has 0 aliphatic rings. The molecule has 27 heavy (non-hydrogen) atoms. The summed E-state index contributed by atoms with van der Waals surface area (Å²) >= 11 is 7.85. The van der Waals surface area contributed by atoms with Gasteiger partial charge in [0.25, 0.3) is 0 Å². The zero-order chi connectivity index (χ0) is 18.8. The summed E-state index contributed by atoms with van der Waals surface area (Å²) in [7, 11) is 0. The van der Waals surface area contributed by atoms with Crippen LogP contribution in [-0.4, -0.2) is 21.0 Å². The zero-order valence-corrected chi connectivity index (χ0v) is 16.0. The number of pyridine rings is 1. The van der Waals surface area contributed by atoms with Gasteiger partial charge < -0.3 is 11.5 Å². The van der Waals surface area contributed by atoms with Crippen LogP contribution in [-0.2, 0) is 6.42 Å². The van der Waals surface area contributed by atoms with E-state index in [-0.39, 0.29) is 6.04 Å². The van der Waals surface area contributed by atoms with Crippen LogP contribution < -0.4 is 11.5 Å². The highest BCUT2D eigenvalue weighted by atomic mass is 35.5. The fraction of sp³-hybridized carbons (Fsp3) is 0.150. The van der Waals surface area contributed by atoms with Gasteiger partial charge in [0.1, 0.15) is 5.52 Å². The van der Waals surface area contributed by atoms with Gasteiger partial charge in [0.15, 0.2) is 5.82 Å². The van der Waals surface area contributed by atoms with Gasteiger partial charge in [0, 0.05) is 29.4 Å². The number of aromatic nitrogens is 3. The van der Waals surface area contributed by atoms with E-state index in [9.17, 15) is 0 Å². The van der Waals surface area contributed by atoms with Crippen LogP contribution in [0.2, 0.25) is 5.02 Å². The number of hydrogen-bond acceptors (Lipinski definition) is 6. The SMILES string of the molecule is NC(Cc1ccccc1)C(N)c1nc(-c2ccncc2)nc2c(Cl)csc12. The third kappa shape index (κ3) is 3.70. The highest BCUT2D eigenvalue weighted by molar-refractivity contribution is 7.18. The Morgan fingerprint density at radius 2 is 1.74 bits per heavy atom. The molecule has 0 fully saturated rings. The summed E-state index contributed by atoms with van der Waals surface area (Å²) in [6.45, 7) is 0. The number of benzene rings is 1. The van der Waals surface area contributed by atoms with Crippen molar-refractivity contribution in [2.75, 3.05) is 0 Å². The van der Waals surface area contributed by atoms with Gasteiger partial charge in [-0.1, -0.05) is 41.9 Å². The molecule has 0 spiro atoms. The number of rotatable bonds is 5. The molecule has 4 aromatic rings. The van der Waals surface area contributed by atoms with Crippen LogP contribution in [0, 0.1) is 0 Å². The highest BCUT2D eigenvalue weighted by Gasteiger charge is 2.23. The van der Waals surface area contributed by atoms with Crippen LogP contribution in [0.4, 0.5) is 0 Å². The standard InChI is InChI=1S/C20H18ClN5S/c21-14-11-27-19-17(14)25-20(13-6-8-24-9-7-13)26-18(19)16(23)15(22)10-12-4-2-1-3-5-12/h1-9,11,15-16H,10,22-23H2. The molecule has 0 aliphatic carbocycles. The van der Waals surface area contributed by atoms with Crippen molar-refractivity contribution in [3.8, 4) is 11.4 Å². The molecule has 0 radical (unpaired) electrons. The lowest BCUT2D eigenvalue weighted by Gasteiger charge is -2.20. The van der Waals surface area contributed by atoms with Gasteiger partial charge in [-0.2, -0.15) is 0 Å². The Kier molecular flexibility index (Phi) is 5.13. The van der Waals surface area contributed by atoms with Crippen molar-refractivity contribution >= 4 is 33.2 Å². The molecule has 4 rings (SSSR count). The van der Waals surface area contributed by atoms with Gasteiger partial charge in [0.2, 0.25) is 0 Å². The van der Waals surface area contributed by atoms with E-state index < -0.39 is 6.04 Å². The smallest absolute Gasteiger partial charge is 0.160 e. The third-order valence-corrected chi connectivity index (χ3v) is 5.84. The van der Waals surface area contributed by atoms with E-state index in [4.69, 9.17) is 28.1 Å². The molecule has 2 atom stereocenters. The summed E-state index contributed by atoms with van der Waals surface area (Å²) in [6.07, 6.45) is 4.08. The monoisotopic (exact) mass is 395 g/mol. The van der Waals surface area contributed by atoms with Gasteiger partial charge in [0.05, 0.1) is 21.5 Å². The van der Waals surface area contributed by atoms with Crippen LogP contribution in [0.5, 0.6) is 0 Å². The van der Waals surface area contributed by atoms with Crippen molar-refractivity contribution in [1.29, 1.82) is 0 Å². The van der Waals surface area contributed by atoms with Gasteiger partial charge >= 0.3 is 0 Å². The average Bonchev–Trinajstić information content (AvgIpc) is 3.09. The number of fused-ring (bicyclic) bond motifs is 1. The summed E-state index contributed by atoms with van der Waals surface area (Å²) in [6, 6.07) is 13.1. The van der Waals surface area contributed by atoms with E-state index in [1.807, 2.05) is 47.8 Å². The van der Waals surface area contributed by atoms with Gasteiger partial charge in [-0.25, -0.2) is 9.97 Å². The van der Waals surface area contributed by atoms with Crippen LogP contribution in [0.3, 0.4) is 0 Å². The molecule has 0 amide bonds. The van der Waals surface area contributed by atoms with E-state index >= 15 is 0 Å². The first-order valence-electron chi connectivity index (χ1n) is 8.53. The maximum Gasteiger partial charge on any atom is 0.160 e. The lowest BCUT2D eigenvalue weighted by atomic mass is 9.98. The number of nitrogens with two attached hydrogens (primary N) is 2. The van der Waals surface area contributed by atoms with E-state index in [0.717, 1.165) is 21.5 Å². The Labute approximate surface area is 166 Å². The van der Waals surface area contributed by atoms with Gasteiger partial charge in [-0.3, -0.25) is 4.98 Å². The van der Waals surface area contributed by atoms with Crippen LogP contribution >= 0.6 is 22.9 Å². The Morgan fingerprint density at radius 3 is 2.48 bits per heavy atom. The quantitative estimate of drug-likeness (QED) is 0.533. The van der Waals surface area contributed by atoms with Crippen molar-refractivity contribution < 1.29 is 0 Å². The minimum atomic E-state index is -0.439. The van der Waals surface area contributed by atoms with E-state index in [0.29, 0.717) is 22.8 Å². The lowest BCUT2D eigenvalue weighted by molar-refractivity contribution is 0.537. The molecule has 0 saturated heterocycles. The Hall–Kier alpha value is -2.38. The molecule has 136 valence electrons.